The van der Waals surface area contributed by atoms with Crippen molar-refractivity contribution in [3.8, 4) is 6.07 Å². The Bertz CT molecular complexity index is 551. The molecular weight excluding hydrogens is 240 g/mol. The van der Waals surface area contributed by atoms with Crippen molar-refractivity contribution in [2.24, 2.45) is 0 Å². The molecular formula is C10H16N4O2S. The van der Waals surface area contributed by atoms with E-state index in [-0.39, 0.29) is 5.03 Å². The predicted molar refractivity (Wildman–Crippen MR) is 62.7 cm³/mol. The quantitative estimate of drug-likeness (QED) is 0.862. The summed E-state index contributed by atoms with van der Waals surface area (Å²) in [7, 11) is -3.75. The Morgan fingerprint density at radius 3 is 2.59 bits per heavy atom. The largest absolute Gasteiger partial charge is 0.334 e. The van der Waals surface area contributed by atoms with Crippen LogP contribution >= 0.6 is 0 Å². The van der Waals surface area contributed by atoms with E-state index in [4.69, 9.17) is 5.26 Å². The van der Waals surface area contributed by atoms with Crippen LogP contribution in [0.4, 0.5) is 0 Å². The molecule has 0 amide bonds. The van der Waals surface area contributed by atoms with Crippen molar-refractivity contribution in [1.82, 2.24) is 14.3 Å². The summed E-state index contributed by atoms with van der Waals surface area (Å²) in [5.41, 5.74) is -1.15. The lowest BCUT2D eigenvalue weighted by Gasteiger charge is -2.15. The van der Waals surface area contributed by atoms with Gasteiger partial charge in [0.1, 0.15) is 11.4 Å². The van der Waals surface area contributed by atoms with Gasteiger partial charge in [-0.15, -0.1) is 0 Å². The summed E-state index contributed by atoms with van der Waals surface area (Å²) in [6.07, 6.45) is 1.46. The molecule has 0 spiro atoms. The Labute approximate surface area is 101 Å². The van der Waals surface area contributed by atoms with E-state index in [1.165, 1.54) is 20.0 Å². The topological polar surface area (TPSA) is 87.8 Å². The molecule has 1 N–H and O–H groups in total. The van der Waals surface area contributed by atoms with Crippen molar-refractivity contribution >= 4 is 10.0 Å². The fourth-order valence-electron chi connectivity index (χ4n) is 1.34. The van der Waals surface area contributed by atoms with E-state index >= 15 is 0 Å². The summed E-state index contributed by atoms with van der Waals surface area (Å²) in [6, 6.07) is 1.88. The van der Waals surface area contributed by atoms with Gasteiger partial charge in [-0.2, -0.15) is 9.98 Å². The summed E-state index contributed by atoms with van der Waals surface area (Å²) in [4.78, 5) is 3.97. The Morgan fingerprint density at radius 2 is 2.18 bits per heavy atom. The van der Waals surface area contributed by atoms with E-state index in [2.05, 4.69) is 9.71 Å². The van der Waals surface area contributed by atoms with Gasteiger partial charge in [0.05, 0.1) is 6.07 Å². The van der Waals surface area contributed by atoms with Crippen LogP contribution in [0, 0.1) is 18.3 Å². The van der Waals surface area contributed by atoms with Gasteiger partial charge in [0.15, 0.2) is 5.03 Å². The molecule has 1 rings (SSSR count). The molecule has 0 aliphatic rings. The third-order valence-corrected chi connectivity index (χ3v) is 3.77. The SMILES string of the molecule is CCn1cc(S(=O)(=O)NC(C)(C)C#N)nc1C. The molecule has 17 heavy (non-hydrogen) atoms. The van der Waals surface area contributed by atoms with Crippen LogP contribution in [0.25, 0.3) is 0 Å². The molecule has 0 radical (unpaired) electrons. The average Bonchev–Trinajstić information content (AvgIpc) is 2.59. The molecule has 0 atom stereocenters. The van der Waals surface area contributed by atoms with Crippen LogP contribution in [-0.4, -0.2) is 23.5 Å². The van der Waals surface area contributed by atoms with Gasteiger partial charge in [-0.05, 0) is 27.7 Å². The zero-order valence-electron chi connectivity index (χ0n) is 10.4. The minimum absolute atomic E-state index is 0.0554. The van der Waals surface area contributed by atoms with E-state index in [0.717, 1.165) is 0 Å². The Kier molecular flexibility index (Phi) is 3.59. The van der Waals surface area contributed by atoms with E-state index in [1.54, 1.807) is 11.5 Å². The second kappa shape index (κ2) is 4.47. The van der Waals surface area contributed by atoms with Crippen LogP contribution in [0.3, 0.4) is 0 Å². The molecule has 0 aliphatic heterocycles. The highest BCUT2D eigenvalue weighted by atomic mass is 32.2. The molecule has 0 saturated carbocycles. The van der Waals surface area contributed by atoms with Crippen LogP contribution in [-0.2, 0) is 16.6 Å². The Balaban J connectivity index is 3.11. The molecule has 0 unspecified atom stereocenters. The van der Waals surface area contributed by atoms with Gasteiger partial charge in [0.25, 0.3) is 10.0 Å². The van der Waals surface area contributed by atoms with Crippen molar-refractivity contribution in [1.29, 1.82) is 5.26 Å². The molecule has 94 valence electrons. The number of sulfonamides is 1. The summed E-state index contributed by atoms with van der Waals surface area (Å²) >= 11 is 0. The smallest absolute Gasteiger partial charge is 0.260 e. The normalized spacial score (nSPS) is 12.4. The summed E-state index contributed by atoms with van der Waals surface area (Å²) in [6.45, 7) is 7.27. The standard InChI is InChI=1S/C10H16N4O2S/c1-5-14-6-9(12-8(14)2)17(15,16)13-10(3,4)7-11/h6,13H,5H2,1-4H3. The lowest BCUT2D eigenvalue weighted by atomic mass is 10.1. The number of aryl methyl sites for hydroxylation is 2. The monoisotopic (exact) mass is 256 g/mol. The van der Waals surface area contributed by atoms with Crippen molar-refractivity contribution < 1.29 is 8.42 Å². The van der Waals surface area contributed by atoms with Crippen molar-refractivity contribution in [3.63, 3.8) is 0 Å². The molecule has 1 aromatic heterocycles. The van der Waals surface area contributed by atoms with Crippen molar-refractivity contribution in [3.05, 3.63) is 12.0 Å². The minimum atomic E-state index is -3.75. The third-order valence-electron chi connectivity index (χ3n) is 2.24. The van der Waals surface area contributed by atoms with Crippen LogP contribution in [0.2, 0.25) is 0 Å². The number of nitriles is 1. The molecule has 6 nitrogen and oxygen atoms in total. The summed E-state index contributed by atoms with van der Waals surface area (Å²) < 4.78 is 27.9. The average molecular weight is 256 g/mol. The lowest BCUT2D eigenvalue weighted by Crippen LogP contribution is -2.42. The van der Waals surface area contributed by atoms with Gasteiger partial charge in [-0.1, -0.05) is 0 Å². The molecule has 0 saturated heterocycles. The highest BCUT2D eigenvalue weighted by molar-refractivity contribution is 7.89. The number of hydrogen-bond acceptors (Lipinski definition) is 4. The number of imidazole rings is 1. The maximum absolute atomic E-state index is 12.0. The van der Waals surface area contributed by atoms with Gasteiger partial charge in [0, 0.05) is 12.7 Å². The first kappa shape index (κ1) is 13.7. The highest BCUT2D eigenvalue weighted by Crippen LogP contribution is 2.12. The molecule has 1 aromatic rings. The zero-order chi connectivity index (χ0) is 13.3. The first-order chi connectivity index (χ1) is 7.72. The van der Waals surface area contributed by atoms with Crippen LogP contribution in [0.15, 0.2) is 11.2 Å². The van der Waals surface area contributed by atoms with E-state index in [0.29, 0.717) is 12.4 Å². The minimum Gasteiger partial charge on any atom is -0.334 e. The number of hydrogen-bond donors (Lipinski definition) is 1. The van der Waals surface area contributed by atoms with Crippen LogP contribution < -0.4 is 4.72 Å². The van der Waals surface area contributed by atoms with Gasteiger partial charge < -0.3 is 4.57 Å². The predicted octanol–water partition coefficient (Wildman–Crippen LogP) is 0.792. The van der Waals surface area contributed by atoms with E-state index in [9.17, 15) is 8.42 Å². The Hall–Kier alpha value is -1.39. The Morgan fingerprint density at radius 1 is 1.59 bits per heavy atom. The third kappa shape index (κ3) is 3.05. The van der Waals surface area contributed by atoms with E-state index in [1.807, 2.05) is 13.0 Å². The molecule has 0 bridgehead atoms. The second-order valence-electron chi connectivity index (χ2n) is 4.25. The fraction of sp³-hybridized carbons (Fsp3) is 0.600. The highest BCUT2D eigenvalue weighted by Gasteiger charge is 2.28. The molecule has 0 fully saturated rings. The summed E-state index contributed by atoms with van der Waals surface area (Å²) in [5, 5.41) is 8.75. The number of nitrogens with zero attached hydrogens (tertiary/aromatic N) is 3. The van der Waals surface area contributed by atoms with Crippen LogP contribution in [0.1, 0.15) is 26.6 Å². The first-order valence-electron chi connectivity index (χ1n) is 5.21. The van der Waals surface area contributed by atoms with Crippen molar-refractivity contribution in [2.45, 2.75) is 44.8 Å². The summed E-state index contributed by atoms with van der Waals surface area (Å²) in [5.74, 6) is 0.627. The van der Waals surface area contributed by atoms with Crippen molar-refractivity contribution in [2.75, 3.05) is 0 Å². The maximum atomic E-state index is 12.0. The zero-order valence-corrected chi connectivity index (χ0v) is 11.2. The first-order valence-corrected chi connectivity index (χ1v) is 6.69. The fourth-order valence-corrected chi connectivity index (χ4v) is 2.68. The van der Waals surface area contributed by atoms with Crippen LogP contribution in [0.5, 0.6) is 0 Å². The number of nitrogens with one attached hydrogen (secondary N) is 1. The second-order valence-corrected chi connectivity index (χ2v) is 5.88. The number of aromatic nitrogens is 2. The molecule has 0 aromatic carbocycles. The number of rotatable bonds is 4. The van der Waals surface area contributed by atoms with Gasteiger partial charge in [0.2, 0.25) is 0 Å². The van der Waals surface area contributed by atoms with Gasteiger partial charge >= 0.3 is 0 Å². The molecule has 0 aliphatic carbocycles. The lowest BCUT2D eigenvalue weighted by molar-refractivity contribution is 0.533. The van der Waals surface area contributed by atoms with Gasteiger partial charge in [-0.3, -0.25) is 0 Å². The van der Waals surface area contributed by atoms with E-state index < -0.39 is 15.6 Å². The van der Waals surface area contributed by atoms with Gasteiger partial charge in [-0.25, -0.2) is 13.4 Å². The maximum Gasteiger partial charge on any atom is 0.260 e. The molecule has 1 heterocycles. The molecule has 7 heteroatoms.